The monoisotopic (exact) mass is 542 g/mol. The van der Waals surface area contributed by atoms with Gasteiger partial charge in [-0.25, -0.2) is 18.5 Å². The number of benzene rings is 3. The molecule has 1 aromatic heterocycles. The largest absolute Gasteiger partial charge is 0.443 e. The van der Waals surface area contributed by atoms with Crippen molar-refractivity contribution in [2.45, 2.75) is 55.3 Å². The molecule has 7 nitrogen and oxygen atoms in total. The van der Waals surface area contributed by atoms with Gasteiger partial charge in [0.25, 0.3) is 0 Å². The Bertz CT molecular complexity index is 1610. The highest BCUT2D eigenvalue weighted by Crippen LogP contribution is 2.38. The van der Waals surface area contributed by atoms with Crippen LogP contribution < -0.4 is 5.14 Å². The number of rotatable bonds is 5. The lowest BCUT2D eigenvalue weighted by atomic mass is 9.81. The van der Waals surface area contributed by atoms with Crippen LogP contribution >= 0.6 is 0 Å². The lowest BCUT2D eigenvalue weighted by molar-refractivity contribution is -0.135. The quantitative estimate of drug-likeness (QED) is 0.345. The van der Waals surface area contributed by atoms with E-state index < -0.39 is 21.5 Å². The second-order valence-corrected chi connectivity index (χ2v) is 11.6. The molecule has 0 saturated carbocycles. The molecule has 1 saturated heterocycles. The molecule has 3 N–H and O–H groups in total. The number of hydrogen-bond donors (Lipinski definition) is 2. The van der Waals surface area contributed by atoms with Crippen LogP contribution in [0.4, 0.5) is 0 Å². The Morgan fingerprint density at radius 2 is 1.69 bits per heavy atom. The lowest BCUT2D eigenvalue weighted by Gasteiger charge is -2.39. The summed E-state index contributed by atoms with van der Waals surface area (Å²) in [6, 6.07) is 23.6. The molecule has 3 aromatic carbocycles. The van der Waals surface area contributed by atoms with Gasteiger partial charge in [-0.1, -0.05) is 54.3 Å². The van der Waals surface area contributed by atoms with Crippen molar-refractivity contribution in [2.75, 3.05) is 0 Å². The van der Waals surface area contributed by atoms with E-state index in [1.54, 1.807) is 12.1 Å². The first-order chi connectivity index (χ1) is 18.6. The van der Waals surface area contributed by atoms with Crippen LogP contribution in [0.2, 0.25) is 0 Å². The number of aromatic nitrogens is 1. The molecular formula is C31H30N2O5S. The molecule has 2 heterocycles. The molecule has 39 heavy (non-hydrogen) atoms. The molecule has 200 valence electrons. The van der Waals surface area contributed by atoms with E-state index in [0.29, 0.717) is 29.9 Å². The Kier molecular flexibility index (Phi) is 7.43. The molecule has 3 unspecified atom stereocenters. The fourth-order valence-electron chi connectivity index (χ4n) is 5.23. The molecule has 8 heteroatoms. The van der Waals surface area contributed by atoms with Crippen molar-refractivity contribution in [3.05, 3.63) is 108 Å². The van der Waals surface area contributed by atoms with Crippen LogP contribution in [0.5, 0.6) is 0 Å². The van der Waals surface area contributed by atoms with Crippen LogP contribution in [0.3, 0.4) is 0 Å². The third-order valence-corrected chi connectivity index (χ3v) is 7.85. The zero-order chi connectivity index (χ0) is 27.6. The minimum absolute atomic E-state index is 0.0153. The van der Waals surface area contributed by atoms with E-state index in [-0.39, 0.29) is 17.1 Å². The molecule has 1 aliphatic rings. The van der Waals surface area contributed by atoms with E-state index in [2.05, 4.69) is 16.8 Å². The lowest BCUT2D eigenvalue weighted by Crippen LogP contribution is -2.41. The standard InChI is InChI=1S/C31H30N2O5S/c1-21-18-31(34,19-22(2)38-21)26-10-6-7-23(17-26)11-16-28(24-8-4-3-5-9-24)29-30(37-20-33-29)25-12-14-27(15-13-25)39(32,35)36/h3-10,12-15,17,20-22,28,34H,18-19H2,1-2H3,(H2,32,35,36). The van der Waals surface area contributed by atoms with Crippen molar-refractivity contribution in [3.63, 3.8) is 0 Å². The summed E-state index contributed by atoms with van der Waals surface area (Å²) in [7, 11) is -3.81. The number of ether oxygens (including phenoxy) is 1. The van der Waals surface area contributed by atoms with Gasteiger partial charge < -0.3 is 14.3 Å². The second kappa shape index (κ2) is 10.8. The molecule has 1 aliphatic heterocycles. The number of oxazole rings is 1. The first-order valence-electron chi connectivity index (χ1n) is 12.7. The van der Waals surface area contributed by atoms with E-state index in [9.17, 15) is 13.5 Å². The van der Waals surface area contributed by atoms with E-state index in [1.807, 2.05) is 68.4 Å². The Balaban J connectivity index is 1.52. The van der Waals surface area contributed by atoms with Crippen LogP contribution in [0, 0.1) is 11.8 Å². The van der Waals surface area contributed by atoms with Gasteiger partial charge in [-0.15, -0.1) is 0 Å². The maximum Gasteiger partial charge on any atom is 0.238 e. The average Bonchev–Trinajstić information content (AvgIpc) is 3.38. The molecule has 0 bridgehead atoms. The number of hydrogen-bond acceptors (Lipinski definition) is 6. The molecule has 4 aromatic rings. The second-order valence-electron chi connectivity index (χ2n) is 10.0. The van der Waals surface area contributed by atoms with Crippen LogP contribution in [0.1, 0.15) is 55.0 Å². The molecule has 0 radical (unpaired) electrons. The molecule has 5 rings (SSSR count). The summed E-state index contributed by atoms with van der Waals surface area (Å²) in [5, 5.41) is 16.7. The molecule has 1 fully saturated rings. The van der Waals surface area contributed by atoms with Crippen molar-refractivity contribution in [2.24, 2.45) is 5.14 Å². The van der Waals surface area contributed by atoms with Gasteiger partial charge in [0.15, 0.2) is 12.2 Å². The predicted octanol–water partition coefficient (Wildman–Crippen LogP) is 4.95. The Hall–Kier alpha value is -3.74. The van der Waals surface area contributed by atoms with Gasteiger partial charge in [-0.3, -0.25) is 0 Å². The highest BCUT2D eigenvalue weighted by atomic mass is 32.2. The van der Waals surface area contributed by atoms with Crippen LogP contribution in [0.25, 0.3) is 11.3 Å². The van der Waals surface area contributed by atoms with Crippen molar-refractivity contribution in [1.82, 2.24) is 4.98 Å². The number of sulfonamides is 1. The molecule has 0 spiro atoms. The van der Waals surface area contributed by atoms with Gasteiger partial charge in [-0.2, -0.15) is 0 Å². The third kappa shape index (κ3) is 5.97. The minimum Gasteiger partial charge on any atom is -0.443 e. The number of aliphatic hydroxyl groups is 1. The first-order valence-corrected chi connectivity index (χ1v) is 14.3. The van der Waals surface area contributed by atoms with Gasteiger partial charge >= 0.3 is 0 Å². The van der Waals surface area contributed by atoms with Gasteiger partial charge in [0.2, 0.25) is 10.0 Å². The highest BCUT2D eigenvalue weighted by Gasteiger charge is 2.38. The van der Waals surface area contributed by atoms with Crippen molar-refractivity contribution in [1.29, 1.82) is 0 Å². The summed E-state index contributed by atoms with van der Waals surface area (Å²) < 4.78 is 35.0. The van der Waals surface area contributed by atoms with Gasteiger partial charge in [0.1, 0.15) is 5.69 Å². The van der Waals surface area contributed by atoms with Crippen molar-refractivity contribution < 1.29 is 22.7 Å². The van der Waals surface area contributed by atoms with E-state index in [1.165, 1.54) is 18.5 Å². The SMILES string of the molecule is CC1CC(O)(c2cccc(C#CC(c3ccccc3)c3ncoc3-c3ccc(S(N)(=O)=O)cc3)c2)CC(C)O1. The fraction of sp³-hybridized carbons (Fsp3) is 0.258. The number of nitrogens with two attached hydrogens (primary N) is 1. The van der Waals surface area contributed by atoms with Gasteiger partial charge in [0.05, 0.1) is 28.6 Å². The van der Waals surface area contributed by atoms with Gasteiger partial charge in [0, 0.05) is 24.0 Å². The van der Waals surface area contributed by atoms with Crippen LogP contribution in [0.15, 0.2) is 94.6 Å². The maximum absolute atomic E-state index is 11.7. The van der Waals surface area contributed by atoms with E-state index in [0.717, 1.165) is 16.7 Å². The van der Waals surface area contributed by atoms with Crippen LogP contribution in [-0.2, 0) is 20.4 Å². The Labute approximate surface area is 228 Å². The summed E-state index contributed by atoms with van der Waals surface area (Å²) in [6.07, 6.45) is 2.32. The zero-order valence-electron chi connectivity index (χ0n) is 21.7. The highest BCUT2D eigenvalue weighted by molar-refractivity contribution is 7.89. The summed E-state index contributed by atoms with van der Waals surface area (Å²) >= 11 is 0. The normalized spacial score (nSPS) is 22.1. The Morgan fingerprint density at radius 1 is 1.00 bits per heavy atom. The maximum atomic E-state index is 11.7. The summed E-state index contributed by atoms with van der Waals surface area (Å²) in [5.41, 5.74) is 2.82. The van der Waals surface area contributed by atoms with Gasteiger partial charge in [-0.05, 0) is 61.4 Å². The predicted molar refractivity (Wildman–Crippen MR) is 148 cm³/mol. The van der Waals surface area contributed by atoms with Crippen LogP contribution in [-0.4, -0.2) is 30.7 Å². The Morgan fingerprint density at radius 3 is 2.36 bits per heavy atom. The summed E-state index contributed by atoms with van der Waals surface area (Å²) in [5.74, 6) is 6.72. The average molecular weight is 543 g/mol. The fourth-order valence-corrected chi connectivity index (χ4v) is 5.75. The zero-order valence-corrected chi connectivity index (χ0v) is 22.6. The minimum atomic E-state index is -3.81. The molecule has 0 aliphatic carbocycles. The van der Waals surface area contributed by atoms with Crippen molar-refractivity contribution >= 4 is 10.0 Å². The van der Waals surface area contributed by atoms with Crippen molar-refractivity contribution in [3.8, 4) is 23.2 Å². The molecule has 3 atom stereocenters. The molecular weight excluding hydrogens is 512 g/mol. The summed E-state index contributed by atoms with van der Waals surface area (Å²) in [4.78, 5) is 4.52. The molecule has 0 amide bonds. The van der Waals surface area contributed by atoms with E-state index >= 15 is 0 Å². The number of nitrogens with zero attached hydrogens (tertiary/aromatic N) is 1. The first kappa shape index (κ1) is 26.9. The van der Waals surface area contributed by atoms with E-state index in [4.69, 9.17) is 14.3 Å². The summed E-state index contributed by atoms with van der Waals surface area (Å²) in [6.45, 7) is 3.96. The topological polar surface area (TPSA) is 116 Å². The smallest absolute Gasteiger partial charge is 0.238 e. The number of primary sulfonamides is 1. The third-order valence-electron chi connectivity index (χ3n) is 6.92.